The highest BCUT2D eigenvalue weighted by Gasteiger charge is 2.34. The highest BCUT2D eigenvalue weighted by Crippen LogP contribution is 2.39. The molecule has 1 saturated heterocycles. The van der Waals surface area contributed by atoms with E-state index in [1.165, 1.54) is 49.5 Å². The van der Waals surface area contributed by atoms with Crippen molar-refractivity contribution < 1.29 is 37.3 Å². The Kier molecular flexibility index (Phi) is 8.28. The first-order valence-electron chi connectivity index (χ1n) is 10.2. The number of amides is 2. The van der Waals surface area contributed by atoms with Crippen molar-refractivity contribution in [1.82, 2.24) is 4.90 Å². The lowest BCUT2D eigenvalue weighted by Crippen LogP contribution is -2.29. The van der Waals surface area contributed by atoms with E-state index in [2.05, 4.69) is 5.32 Å². The van der Waals surface area contributed by atoms with Crippen molar-refractivity contribution in [2.24, 2.45) is 0 Å². The second-order valence-corrected chi connectivity index (χ2v) is 8.98. The van der Waals surface area contributed by atoms with Crippen LogP contribution in [0, 0.1) is 0 Å². The van der Waals surface area contributed by atoms with Crippen LogP contribution in [0.4, 0.5) is 18.9 Å². The zero-order chi connectivity index (χ0) is 25.8. The van der Waals surface area contributed by atoms with Gasteiger partial charge in [-0.05, 0) is 42.3 Å². The van der Waals surface area contributed by atoms with E-state index in [0.717, 1.165) is 17.8 Å². The van der Waals surface area contributed by atoms with Crippen LogP contribution in [0.25, 0.3) is 6.08 Å². The maximum absolute atomic E-state index is 13.1. The number of methoxy groups -OCH3 is 2. The SMILES string of the molecule is COc1cc(/C=C2\SC(=S)N(CCCC(=O)Nc3ccccc3C(F)(F)F)C2=O)cc(OC)c1O. The van der Waals surface area contributed by atoms with E-state index >= 15 is 0 Å². The van der Waals surface area contributed by atoms with E-state index < -0.39 is 17.6 Å². The molecule has 0 bridgehead atoms. The molecule has 35 heavy (non-hydrogen) atoms. The monoisotopic (exact) mass is 526 g/mol. The zero-order valence-electron chi connectivity index (χ0n) is 18.6. The lowest BCUT2D eigenvalue weighted by atomic mass is 10.1. The van der Waals surface area contributed by atoms with Crippen LogP contribution in [0.3, 0.4) is 0 Å². The predicted molar refractivity (Wildman–Crippen MR) is 130 cm³/mol. The van der Waals surface area contributed by atoms with Crippen molar-refractivity contribution >= 4 is 51.9 Å². The third-order valence-electron chi connectivity index (χ3n) is 4.97. The first-order valence-corrected chi connectivity index (χ1v) is 11.4. The minimum absolute atomic E-state index is 0.103. The molecule has 7 nitrogen and oxygen atoms in total. The molecular formula is C23H21F3N2O5S2. The predicted octanol–water partition coefficient (Wildman–Crippen LogP) is 5.05. The fourth-order valence-corrected chi connectivity index (χ4v) is 4.60. The number of thiocarbonyl (C=S) groups is 1. The number of carbonyl (C=O) groups is 2. The Bertz CT molecular complexity index is 1160. The molecule has 0 saturated carbocycles. The summed E-state index contributed by atoms with van der Waals surface area (Å²) in [6, 6.07) is 7.78. The summed E-state index contributed by atoms with van der Waals surface area (Å²) in [6.07, 6.45) is -2.93. The first-order chi connectivity index (χ1) is 16.5. The second kappa shape index (κ2) is 11.0. The number of alkyl halides is 3. The van der Waals surface area contributed by atoms with Gasteiger partial charge >= 0.3 is 6.18 Å². The standard InChI is InChI=1S/C23H21F3N2O5S2/c1-32-16-10-13(11-17(33-2)20(16)30)12-18-21(31)28(22(34)35-18)9-5-8-19(29)27-15-7-4-3-6-14(15)23(24,25)26/h3-4,6-7,10-12,30H,5,8-9H2,1-2H3,(H,27,29)/b18-12-. The van der Waals surface area contributed by atoms with Gasteiger partial charge < -0.3 is 19.9 Å². The molecule has 1 heterocycles. The van der Waals surface area contributed by atoms with Gasteiger partial charge in [-0.1, -0.05) is 36.1 Å². The number of hydrogen-bond acceptors (Lipinski definition) is 7. The van der Waals surface area contributed by atoms with E-state index in [9.17, 15) is 27.9 Å². The fraction of sp³-hybridized carbons (Fsp3) is 0.261. The van der Waals surface area contributed by atoms with Crippen LogP contribution in [-0.2, 0) is 15.8 Å². The summed E-state index contributed by atoms with van der Waals surface area (Å²) in [7, 11) is 2.77. The normalized spacial score (nSPS) is 15.0. The lowest BCUT2D eigenvalue weighted by molar-refractivity contribution is -0.137. The maximum Gasteiger partial charge on any atom is 0.418 e. The Balaban J connectivity index is 1.63. The third-order valence-corrected chi connectivity index (χ3v) is 6.34. The van der Waals surface area contributed by atoms with Crippen LogP contribution in [-0.4, -0.2) is 46.9 Å². The Hall–Kier alpha value is -3.25. The minimum atomic E-state index is -4.59. The van der Waals surface area contributed by atoms with Gasteiger partial charge in [0.15, 0.2) is 11.5 Å². The lowest BCUT2D eigenvalue weighted by Gasteiger charge is -2.15. The molecule has 2 aromatic rings. The molecule has 1 fully saturated rings. The Labute approximate surface area is 208 Å². The number of phenols is 1. The average molecular weight is 527 g/mol. The summed E-state index contributed by atoms with van der Waals surface area (Å²) in [5, 5.41) is 12.3. The highest BCUT2D eigenvalue weighted by molar-refractivity contribution is 8.26. The summed E-state index contributed by atoms with van der Waals surface area (Å²) in [4.78, 5) is 26.7. The fourth-order valence-electron chi connectivity index (χ4n) is 3.29. The number of benzene rings is 2. The molecule has 3 rings (SSSR count). The molecule has 0 radical (unpaired) electrons. The van der Waals surface area contributed by atoms with Crippen LogP contribution in [0.2, 0.25) is 0 Å². The molecule has 2 amide bonds. The van der Waals surface area contributed by atoms with E-state index in [1.807, 2.05) is 0 Å². The van der Waals surface area contributed by atoms with Gasteiger partial charge in [0, 0.05) is 13.0 Å². The maximum atomic E-state index is 13.1. The van der Waals surface area contributed by atoms with Gasteiger partial charge in [-0.15, -0.1) is 0 Å². The molecule has 0 aromatic heterocycles. The topological polar surface area (TPSA) is 88.1 Å². The van der Waals surface area contributed by atoms with Gasteiger partial charge in [0.1, 0.15) is 4.32 Å². The molecule has 0 atom stereocenters. The number of aromatic hydroxyl groups is 1. The van der Waals surface area contributed by atoms with Crippen molar-refractivity contribution in [2.75, 3.05) is 26.1 Å². The molecule has 0 unspecified atom stereocenters. The van der Waals surface area contributed by atoms with Gasteiger partial charge in [-0.3, -0.25) is 14.5 Å². The number of ether oxygens (including phenoxy) is 2. The van der Waals surface area contributed by atoms with Crippen LogP contribution >= 0.6 is 24.0 Å². The number of halogens is 3. The number of nitrogens with zero attached hydrogens (tertiary/aromatic N) is 1. The number of para-hydroxylation sites is 1. The Morgan fingerprint density at radius 2 is 1.83 bits per heavy atom. The van der Waals surface area contributed by atoms with Crippen LogP contribution < -0.4 is 14.8 Å². The van der Waals surface area contributed by atoms with E-state index in [4.69, 9.17) is 21.7 Å². The van der Waals surface area contributed by atoms with E-state index in [-0.39, 0.29) is 48.2 Å². The van der Waals surface area contributed by atoms with Crippen molar-refractivity contribution in [3.8, 4) is 17.2 Å². The first kappa shape index (κ1) is 26.4. The average Bonchev–Trinajstić information content (AvgIpc) is 3.07. The largest absolute Gasteiger partial charge is 0.502 e. The summed E-state index contributed by atoms with van der Waals surface area (Å²) < 4.78 is 49.8. The minimum Gasteiger partial charge on any atom is -0.502 e. The zero-order valence-corrected chi connectivity index (χ0v) is 20.3. The molecule has 12 heteroatoms. The van der Waals surface area contributed by atoms with E-state index in [0.29, 0.717) is 14.8 Å². The number of carbonyl (C=O) groups excluding carboxylic acids is 2. The molecule has 0 spiro atoms. The van der Waals surface area contributed by atoms with Crippen LogP contribution in [0.15, 0.2) is 41.3 Å². The number of thioether (sulfide) groups is 1. The van der Waals surface area contributed by atoms with Gasteiger partial charge in [0.2, 0.25) is 11.7 Å². The quantitative estimate of drug-likeness (QED) is 0.368. The summed E-state index contributed by atoms with van der Waals surface area (Å²) in [5.41, 5.74) is -0.712. The van der Waals surface area contributed by atoms with E-state index in [1.54, 1.807) is 6.08 Å². The molecule has 1 aliphatic heterocycles. The number of hydrogen-bond donors (Lipinski definition) is 2. The number of anilines is 1. The highest BCUT2D eigenvalue weighted by atomic mass is 32.2. The molecular weight excluding hydrogens is 505 g/mol. The number of nitrogens with one attached hydrogen (secondary N) is 1. The van der Waals surface area contributed by atoms with Crippen molar-refractivity contribution in [3.05, 3.63) is 52.4 Å². The van der Waals surface area contributed by atoms with Crippen molar-refractivity contribution in [2.45, 2.75) is 19.0 Å². The van der Waals surface area contributed by atoms with Gasteiger partial charge in [-0.25, -0.2) is 0 Å². The van der Waals surface area contributed by atoms with Crippen molar-refractivity contribution in [3.63, 3.8) is 0 Å². The van der Waals surface area contributed by atoms with Crippen LogP contribution in [0.5, 0.6) is 17.2 Å². The second-order valence-electron chi connectivity index (χ2n) is 7.30. The smallest absolute Gasteiger partial charge is 0.418 e. The summed E-state index contributed by atoms with van der Waals surface area (Å²) in [5.74, 6) is -0.802. The molecule has 2 N–H and O–H groups in total. The number of phenolic OH excluding ortho intramolecular Hbond substituents is 1. The number of rotatable bonds is 8. The molecule has 1 aliphatic rings. The Morgan fingerprint density at radius 1 is 1.20 bits per heavy atom. The van der Waals surface area contributed by atoms with Crippen LogP contribution in [0.1, 0.15) is 24.0 Å². The molecule has 186 valence electrons. The Morgan fingerprint density at radius 3 is 2.43 bits per heavy atom. The van der Waals surface area contributed by atoms with Gasteiger partial charge in [0.05, 0.1) is 30.4 Å². The molecule has 0 aliphatic carbocycles. The van der Waals surface area contributed by atoms with Gasteiger partial charge in [0.25, 0.3) is 5.91 Å². The summed E-state index contributed by atoms with van der Waals surface area (Å²) in [6.45, 7) is 0.124. The third kappa shape index (κ3) is 6.25. The van der Waals surface area contributed by atoms with Gasteiger partial charge in [-0.2, -0.15) is 13.2 Å². The summed E-state index contributed by atoms with van der Waals surface area (Å²) >= 11 is 6.36. The molecule has 2 aromatic carbocycles. The van der Waals surface area contributed by atoms with Crippen molar-refractivity contribution in [1.29, 1.82) is 0 Å².